The number of anilines is 2. The molecule has 466 valence electrons. The third kappa shape index (κ3) is 14.6. The number of likely N-dealkylation sites (N-methyl/N-ethyl adjacent to an activating group) is 2. The van der Waals surface area contributed by atoms with Crippen molar-refractivity contribution in [2.75, 3.05) is 50.2 Å². The van der Waals surface area contributed by atoms with Crippen molar-refractivity contribution in [3.8, 4) is 11.5 Å². The van der Waals surface area contributed by atoms with Crippen LogP contribution in [0.4, 0.5) is 20.2 Å². The molecule has 0 spiro atoms. The number of benzene rings is 3. The number of H-pyrrole nitrogens is 2. The van der Waals surface area contributed by atoms with Crippen LogP contribution in [0.2, 0.25) is 0 Å². The summed E-state index contributed by atoms with van der Waals surface area (Å²) in [4.78, 5) is 92.4. The maximum Gasteiger partial charge on any atom is 0.251 e. The lowest BCUT2D eigenvalue weighted by Crippen LogP contribution is -2.55. The predicted molar refractivity (Wildman–Crippen MR) is 328 cm³/mol. The fourth-order valence-electron chi connectivity index (χ4n) is 11.0. The molecule has 9 rings (SSSR count). The topological polar surface area (TPSA) is 268 Å². The first-order valence-corrected chi connectivity index (χ1v) is 29.7. The second-order valence-corrected chi connectivity index (χ2v) is 24.2. The van der Waals surface area contributed by atoms with Gasteiger partial charge in [0.05, 0.1) is 60.1 Å². The van der Waals surface area contributed by atoms with Gasteiger partial charge in [0.15, 0.2) is 0 Å². The molecule has 6 atom stereocenters. The molecule has 4 amide bonds. The first kappa shape index (κ1) is 63.6. The zero-order chi connectivity index (χ0) is 63.2. The molecule has 2 aliphatic heterocycles. The average Bonchev–Trinajstić information content (AvgIpc) is 1.84. The van der Waals surface area contributed by atoms with Crippen LogP contribution in [0.5, 0.6) is 11.5 Å². The summed E-state index contributed by atoms with van der Waals surface area (Å²) < 4.78 is 42.7. The number of rotatable bonds is 26. The number of aryl methyl sites for hydroxylation is 2. The molecule has 0 fully saturated rings. The van der Waals surface area contributed by atoms with Crippen molar-refractivity contribution in [1.29, 1.82) is 0 Å². The van der Waals surface area contributed by atoms with E-state index in [2.05, 4.69) is 51.9 Å². The minimum atomic E-state index is -1.07. The van der Waals surface area contributed by atoms with E-state index >= 15 is 0 Å². The normalized spacial score (nSPS) is 16.0. The van der Waals surface area contributed by atoms with Crippen molar-refractivity contribution in [2.24, 2.45) is 0 Å². The number of hydrogen-bond donors (Lipinski definition) is 6. The lowest BCUT2D eigenvalue weighted by molar-refractivity contribution is -0.129. The number of aromatic nitrogens is 8. The second kappa shape index (κ2) is 27.0. The second-order valence-electron chi connectivity index (χ2n) is 24.2. The number of fused-ring (bicyclic) bond motifs is 2. The number of carbonyl (C=O) groups is 4. The van der Waals surface area contributed by atoms with Gasteiger partial charge in [0.2, 0.25) is 11.8 Å². The third-order valence-electron chi connectivity index (χ3n) is 16.6. The van der Waals surface area contributed by atoms with E-state index < -0.39 is 47.1 Å². The minimum absolute atomic E-state index is 0.224. The van der Waals surface area contributed by atoms with Crippen molar-refractivity contribution in [3.63, 3.8) is 0 Å². The standard InChI is InChI=1S/C64H78F2N14O8/c1-37(67-9)57(81)69-53(61(85)77-35-63(5,6)55-51(77)31-43(59(83)71-55)29-41-15-19-45(65)20-16-41)39(3)79-33-47(73-75-79)13-11-27-87-49-23-25-50(26-24-49)88-28-12-14-48-34-80(76-74-48)40(4)54(70-58(82)38(2)68-10)62(86)78-36-64(7,8)56-52(78)32-44(60(84)72-56)30-42-17-21-46(66)22-18-42/h15-26,31-34,37-40,53-54,67-68H,11-14,27-30,35-36H2,1-10H3,(H,69,81)(H,70,82)(H,71,83)(H,72,84)/t37-,38-,39-,40-,53-,54-/m0/s1. The average molecular weight is 1210 g/mol. The van der Waals surface area contributed by atoms with Gasteiger partial charge in [-0.05, 0) is 139 Å². The van der Waals surface area contributed by atoms with Crippen LogP contribution in [-0.2, 0) is 55.7 Å². The van der Waals surface area contributed by atoms with E-state index in [0.29, 0.717) is 95.7 Å². The first-order chi connectivity index (χ1) is 41.9. The summed E-state index contributed by atoms with van der Waals surface area (Å²) >= 11 is 0. The Hall–Kier alpha value is -8.90. The number of nitrogens with one attached hydrogen (secondary N) is 6. The van der Waals surface area contributed by atoms with Crippen molar-refractivity contribution >= 4 is 35.0 Å². The molecule has 0 saturated carbocycles. The van der Waals surface area contributed by atoms with Gasteiger partial charge in [-0.25, -0.2) is 18.1 Å². The number of amides is 4. The van der Waals surface area contributed by atoms with Crippen molar-refractivity contribution in [3.05, 3.63) is 175 Å². The number of nitrogens with zero attached hydrogens (tertiary/aromatic N) is 8. The Morgan fingerprint density at radius 1 is 0.580 bits per heavy atom. The summed E-state index contributed by atoms with van der Waals surface area (Å²) in [6.45, 7) is 16.0. The van der Waals surface area contributed by atoms with Crippen LogP contribution < -0.4 is 51.7 Å². The van der Waals surface area contributed by atoms with Crippen LogP contribution in [0.1, 0.15) is 125 Å². The van der Waals surface area contributed by atoms with Gasteiger partial charge in [0.1, 0.15) is 35.2 Å². The Kier molecular flexibility index (Phi) is 19.5. The molecule has 24 heteroatoms. The van der Waals surface area contributed by atoms with Gasteiger partial charge in [0.25, 0.3) is 22.9 Å². The third-order valence-corrected chi connectivity index (χ3v) is 16.6. The molecule has 0 bridgehead atoms. The van der Waals surface area contributed by atoms with Gasteiger partial charge in [-0.2, -0.15) is 0 Å². The molecule has 2 aliphatic rings. The van der Waals surface area contributed by atoms with Crippen LogP contribution in [0, 0.1) is 11.6 Å². The quantitative estimate of drug-likeness (QED) is 0.0356. The summed E-state index contributed by atoms with van der Waals surface area (Å²) in [6, 6.07) is 17.9. The summed E-state index contributed by atoms with van der Waals surface area (Å²) in [5.41, 5.74) is 4.07. The fraction of sp³-hybridized carbons (Fsp3) is 0.438. The fourth-order valence-corrected chi connectivity index (χ4v) is 11.0. The maximum absolute atomic E-state index is 14.8. The van der Waals surface area contributed by atoms with Crippen LogP contribution >= 0.6 is 0 Å². The van der Waals surface area contributed by atoms with E-state index in [1.54, 1.807) is 110 Å². The van der Waals surface area contributed by atoms with E-state index in [1.165, 1.54) is 24.3 Å². The molecule has 22 nitrogen and oxygen atoms in total. The Balaban J connectivity index is 0.766. The van der Waals surface area contributed by atoms with Gasteiger partial charge in [-0.15, -0.1) is 10.2 Å². The first-order valence-electron chi connectivity index (χ1n) is 29.7. The lowest BCUT2D eigenvalue weighted by Gasteiger charge is -2.30. The van der Waals surface area contributed by atoms with Crippen LogP contribution in [0.15, 0.2) is 107 Å². The highest BCUT2D eigenvalue weighted by molar-refractivity contribution is 6.03. The summed E-state index contributed by atoms with van der Waals surface area (Å²) in [7, 11) is 3.32. The molecule has 0 saturated heterocycles. The van der Waals surface area contributed by atoms with Crippen LogP contribution in [0.3, 0.4) is 0 Å². The van der Waals surface area contributed by atoms with E-state index in [1.807, 2.05) is 52.0 Å². The smallest absolute Gasteiger partial charge is 0.251 e. The highest BCUT2D eigenvalue weighted by atomic mass is 19.1. The Bertz CT molecular complexity index is 3510. The van der Waals surface area contributed by atoms with Crippen molar-refractivity contribution in [2.45, 2.75) is 141 Å². The number of hydrogen-bond acceptors (Lipinski definition) is 14. The van der Waals surface area contributed by atoms with Crippen molar-refractivity contribution in [1.82, 2.24) is 61.2 Å². The van der Waals surface area contributed by atoms with Crippen LogP contribution in [-0.4, -0.2) is 128 Å². The Morgan fingerprint density at radius 2 is 0.943 bits per heavy atom. The molecule has 6 N–H and O–H groups in total. The van der Waals surface area contributed by atoms with Gasteiger partial charge in [0, 0.05) is 71.7 Å². The maximum atomic E-state index is 14.8. The molecule has 0 radical (unpaired) electrons. The van der Waals surface area contributed by atoms with Gasteiger partial charge in [-0.1, -0.05) is 62.4 Å². The SMILES string of the molecule is CN[C@@H](C)C(=O)N[C@H](C(=O)N1CC(C)(C)c2[nH]c(=O)c(Cc3ccc(F)cc3)cc21)[C@H](C)n1cc(CCCOc2ccc(OCCCc3cn([C@@H](C)[C@H](NC(=O)[C@H](C)NC)C(=O)N4CC(C)(C)c5[nH]c(=O)c(Cc6ccc(F)cc6)cc54)nn3)cc2)nn1. The summed E-state index contributed by atoms with van der Waals surface area (Å²) in [6.07, 6.45) is 6.21. The number of aromatic amines is 2. The predicted octanol–water partition coefficient (Wildman–Crippen LogP) is 5.69. The minimum Gasteiger partial charge on any atom is -0.494 e. The van der Waals surface area contributed by atoms with Gasteiger partial charge >= 0.3 is 0 Å². The summed E-state index contributed by atoms with van der Waals surface area (Å²) in [5.74, 6) is -1.01. The lowest BCUT2D eigenvalue weighted by atomic mass is 9.91. The monoisotopic (exact) mass is 1210 g/mol. The Labute approximate surface area is 509 Å². The number of ether oxygens (including phenoxy) is 2. The van der Waals surface area contributed by atoms with E-state index in [4.69, 9.17) is 9.47 Å². The van der Waals surface area contributed by atoms with E-state index in [9.17, 15) is 37.5 Å². The molecule has 3 aromatic carbocycles. The molecule has 4 aromatic heterocycles. The van der Waals surface area contributed by atoms with Crippen molar-refractivity contribution < 1.29 is 37.4 Å². The molecule has 0 unspecified atom stereocenters. The molecule has 0 aliphatic carbocycles. The zero-order valence-electron chi connectivity index (χ0n) is 51.4. The Morgan fingerprint density at radius 3 is 1.30 bits per heavy atom. The molecule has 7 aromatic rings. The number of halogens is 2. The molecule has 6 heterocycles. The summed E-state index contributed by atoms with van der Waals surface area (Å²) in [5, 5.41) is 29.3. The van der Waals surface area contributed by atoms with Gasteiger partial charge < -0.3 is 50.5 Å². The zero-order valence-corrected chi connectivity index (χ0v) is 51.4. The number of carbonyl (C=O) groups excluding carboxylic acids is 4. The largest absolute Gasteiger partial charge is 0.494 e. The molecular weight excluding hydrogens is 1130 g/mol. The highest BCUT2D eigenvalue weighted by Gasteiger charge is 2.45. The molecular formula is C64H78F2N14O8. The number of pyridine rings is 2. The van der Waals surface area contributed by atoms with E-state index in [0.717, 1.165) is 11.1 Å². The highest BCUT2D eigenvalue weighted by Crippen LogP contribution is 2.41. The van der Waals surface area contributed by atoms with Crippen LogP contribution in [0.25, 0.3) is 0 Å². The molecule has 88 heavy (non-hydrogen) atoms. The van der Waals surface area contributed by atoms with Gasteiger partial charge in [-0.3, -0.25) is 28.8 Å². The van der Waals surface area contributed by atoms with E-state index in [-0.39, 0.29) is 72.3 Å².